The lowest BCUT2D eigenvalue weighted by Gasteiger charge is -2.10. The maximum Gasteiger partial charge on any atom is 0.322 e. The molecule has 0 spiro atoms. The number of nitro groups is 1. The highest BCUT2D eigenvalue weighted by Crippen LogP contribution is 2.26. The third-order valence-electron chi connectivity index (χ3n) is 4.94. The molecule has 10 heteroatoms. The second-order valence-corrected chi connectivity index (χ2v) is 7.50. The third kappa shape index (κ3) is 4.26. The number of hydrogen-bond acceptors (Lipinski definition) is 5. The number of aromatic amines is 1. The standard InChI is InChI=1S/C21H19ClN6O3/c1-13-19(28(30)31)18(26-25-13)20(29)24-21-23-16-12-15(22)9-10-17(16)27(21)11-5-8-14-6-3-2-4-7-14/h2-4,6-7,9-10,12H,5,8,11H2,1H3,(H,25,26)(H,23,24,29). The summed E-state index contributed by atoms with van der Waals surface area (Å²) in [5.41, 5.74) is 2.20. The van der Waals surface area contributed by atoms with E-state index in [-0.39, 0.29) is 23.0 Å². The van der Waals surface area contributed by atoms with E-state index < -0.39 is 10.8 Å². The van der Waals surface area contributed by atoms with Crippen LogP contribution in [0.3, 0.4) is 0 Å². The Bertz CT molecular complexity index is 1270. The van der Waals surface area contributed by atoms with Crippen molar-refractivity contribution < 1.29 is 9.72 Å². The highest BCUT2D eigenvalue weighted by Gasteiger charge is 2.28. The molecule has 4 aromatic rings. The molecule has 0 radical (unpaired) electrons. The molecule has 0 unspecified atom stereocenters. The zero-order chi connectivity index (χ0) is 22.0. The first-order chi connectivity index (χ1) is 14.9. The molecule has 0 fully saturated rings. The summed E-state index contributed by atoms with van der Waals surface area (Å²) in [4.78, 5) is 27.9. The Kier molecular flexibility index (Phi) is 5.68. The molecule has 0 aliphatic heterocycles. The molecule has 9 nitrogen and oxygen atoms in total. The van der Waals surface area contributed by atoms with E-state index in [2.05, 4.69) is 32.6 Å². The van der Waals surface area contributed by atoms with Crippen LogP contribution in [0.15, 0.2) is 48.5 Å². The molecule has 0 aliphatic rings. The Morgan fingerprint density at radius 3 is 2.77 bits per heavy atom. The van der Waals surface area contributed by atoms with Gasteiger partial charge in [-0.2, -0.15) is 5.10 Å². The SMILES string of the molecule is Cc1[nH]nc(C(=O)Nc2nc3cc(Cl)ccc3n2CCCc2ccccc2)c1[N+](=O)[O-]. The topological polar surface area (TPSA) is 119 Å². The van der Waals surface area contributed by atoms with Crippen LogP contribution < -0.4 is 5.32 Å². The predicted molar refractivity (Wildman–Crippen MR) is 117 cm³/mol. The van der Waals surface area contributed by atoms with Crippen molar-refractivity contribution >= 4 is 40.2 Å². The normalized spacial score (nSPS) is 11.0. The van der Waals surface area contributed by atoms with Crippen molar-refractivity contribution in [1.29, 1.82) is 0 Å². The summed E-state index contributed by atoms with van der Waals surface area (Å²) in [6.45, 7) is 2.08. The van der Waals surface area contributed by atoms with Gasteiger partial charge in [0, 0.05) is 11.6 Å². The fraction of sp³-hybridized carbons (Fsp3) is 0.190. The molecule has 31 heavy (non-hydrogen) atoms. The number of nitrogens with one attached hydrogen (secondary N) is 2. The Morgan fingerprint density at radius 2 is 2.03 bits per heavy atom. The Balaban J connectivity index is 1.62. The first kappa shape index (κ1) is 20.5. The number of amides is 1. The van der Waals surface area contributed by atoms with Gasteiger partial charge >= 0.3 is 5.69 Å². The molecular weight excluding hydrogens is 420 g/mol. The van der Waals surface area contributed by atoms with Gasteiger partial charge in [0.1, 0.15) is 5.69 Å². The van der Waals surface area contributed by atoms with Gasteiger partial charge in [-0.3, -0.25) is 25.3 Å². The largest absolute Gasteiger partial charge is 0.322 e. The molecule has 1 amide bonds. The van der Waals surface area contributed by atoms with Crippen molar-refractivity contribution in [2.75, 3.05) is 5.32 Å². The molecule has 2 aromatic carbocycles. The van der Waals surface area contributed by atoms with E-state index in [9.17, 15) is 14.9 Å². The molecule has 158 valence electrons. The monoisotopic (exact) mass is 438 g/mol. The van der Waals surface area contributed by atoms with E-state index in [1.165, 1.54) is 12.5 Å². The van der Waals surface area contributed by atoms with Crippen LogP contribution in [0.4, 0.5) is 11.6 Å². The molecule has 2 heterocycles. The number of anilines is 1. The molecule has 0 saturated carbocycles. The van der Waals surface area contributed by atoms with Crippen molar-refractivity contribution in [2.45, 2.75) is 26.3 Å². The molecular formula is C21H19ClN6O3. The van der Waals surface area contributed by atoms with Gasteiger partial charge in [0.25, 0.3) is 5.91 Å². The van der Waals surface area contributed by atoms with Gasteiger partial charge in [-0.1, -0.05) is 41.9 Å². The van der Waals surface area contributed by atoms with Crippen molar-refractivity contribution in [2.24, 2.45) is 0 Å². The van der Waals surface area contributed by atoms with Crippen LogP contribution in [0.2, 0.25) is 5.02 Å². The van der Waals surface area contributed by atoms with Gasteiger partial charge < -0.3 is 4.57 Å². The third-order valence-corrected chi connectivity index (χ3v) is 5.17. The lowest BCUT2D eigenvalue weighted by atomic mass is 10.1. The van der Waals surface area contributed by atoms with Gasteiger partial charge in [0.15, 0.2) is 0 Å². The summed E-state index contributed by atoms with van der Waals surface area (Å²) < 4.78 is 1.87. The number of halogens is 1. The first-order valence-corrected chi connectivity index (χ1v) is 10.0. The number of H-pyrrole nitrogens is 1. The lowest BCUT2D eigenvalue weighted by molar-refractivity contribution is -0.385. The van der Waals surface area contributed by atoms with E-state index in [4.69, 9.17) is 11.6 Å². The minimum Gasteiger partial charge on any atom is -0.310 e. The minimum absolute atomic E-state index is 0.207. The Labute approximate surface area is 182 Å². The van der Waals surface area contributed by atoms with Gasteiger partial charge in [-0.05, 0) is 43.5 Å². The van der Waals surface area contributed by atoms with Crippen LogP contribution in [0.1, 0.15) is 28.2 Å². The summed E-state index contributed by atoms with van der Waals surface area (Å²) in [7, 11) is 0. The average Bonchev–Trinajstić information content (AvgIpc) is 3.29. The highest BCUT2D eigenvalue weighted by atomic mass is 35.5. The molecule has 0 atom stereocenters. The van der Waals surface area contributed by atoms with Crippen molar-refractivity contribution in [3.8, 4) is 0 Å². The fourth-order valence-corrected chi connectivity index (χ4v) is 3.64. The van der Waals surface area contributed by atoms with E-state index in [1.54, 1.807) is 12.1 Å². The quantitative estimate of drug-likeness (QED) is 0.325. The number of carbonyl (C=O) groups excluding carboxylic acids is 1. The second kappa shape index (κ2) is 8.57. The van der Waals surface area contributed by atoms with Gasteiger partial charge in [0.2, 0.25) is 11.6 Å². The first-order valence-electron chi connectivity index (χ1n) is 9.64. The summed E-state index contributed by atoms with van der Waals surface area (Å²) in [6, 6.07) is 15.4. The van der Waals surface area contributed by atoms with Crippen LogP contribution in [0.25, 0.3) is 11.0 Å². The molecule has 4 rings (SSSR count). The number of rotatable bonds is 7. The van der Waals surface area contributed by atoms with Crippen LogP contribution >= 0.6 is 11.6 Å². The number of imidazole rings is 1. The average molecular weight is 439 g/mol. The summed E-state index contributed by atoms with van der Waals surface area (Å²) >= 11 is 6.10. The van der Waals surface area contributed by atoms with Crippen molar-refractivity contribution in [1.82, 2.24) is 19.7 Å². The fourth-order valence-electron chi connectivity index (χ4n) is 3.48. The number of benzene rings is 2. The Morgan fingerprint density at radius 1 is 1.26 bits per heavy atom. The van der Waals surface area contributed by atoms with E-state index in [0.717, 1.165) is 18.4 Å². The summed E-state index contributed by atoms with van der Waals surface area (Å²) in [5.74, 6) is -0.424. The molecule has 0 saturated heterocycles. The van der Waals surface area contributed by atoms with E-state index >= 15 is 0 Å². The van der Waals surface area contributed by atoms with Crippen LogP contribution in [-0.2, 0) is 13.0 Å². The van der Waals surface area contributed by atoms with Crippen LogP contribution in [0, 0.1) is 17.0 Å². The lowest BCUT2D eigenvalue weighted by Crippen LogP contribution is -2.18. The molecule has 2 N–H and O–H groups in total. The number of fused-ring (bicyclic) bond motifs is 1. The van der Waals surface area contributed by atoms with Gasteiger partial charge in [-0.15, -0.1) is 0 Å². The van der Waals surface area contributed by atoms with Gasteiger partial charge in [-0.25, -0.2) is 4.98 Å². The highest BCUT2D eigenvalue weighted by molar-refractivity contribution is 6.31. The van der Waals surface area contributed by atoms with Crippen LogP contribution in [-0.4, -0.2) is 30.6 Å². The van der Waals surface area contributed by atoms with Gasteiger partial charge in [0.05, 0.1) is 16.0 Å². The minimum atomic E-state index is -0.707. The molecule has 0 aliphatic carbocycles. The number of hydrogen-bond donors (Lipinski definition) is 2. The van der Waals surface area contributed by atoms with Crippen molar-refractivity contribution in [3.05, 3.63) is 80.6 Å². The maximum atomic E-state index is 12.8. The molecule has 0 bridgehead atoms. The van der Waals surface area contributed by atoms with Crippen molar-refractivity contribution in [3.63, 3.8) is 0 Å². The molecule has 2 aromatic heterocycles. The predicted octanol–water partition coefficient (Wildman–Crippen LogP) is 4.51. The number of nitrogens with zero attached hydrogens (tertiary/aromatic N) is 4. The Hall–Kier alpha value is -3.72. The second-order valence-electron chi connectivity index (χ2n) is 7.07. The maximum absolute atomic E-state index is 12.8. The zero-order valence-electron chi connectivity index (χ0n) is 16.6. The number of carbonyl (C=O) groups is 1. The van der Waals surface area contributed by atoms with E-state index in [0.29, 0.717) is 17.1 Å². The summed E-state index contributed by atoms with van der Waals surface area (Å²) in [5, 5.41) is 20.8. The number of aromatic nitrogens is 4. The smallest absolute Gasteiger partial charge is 0.310 e. The zero-order valence-corrected chi connectivity index (χ0v) is 17.4. The number of aryl methyl sites for hydroxylation is 3. The van der Waals surface area contributed by atoms with E-state index in [1.807, 2.05) is 28.8 Å². The summed E-state index contributed by atoms with van der Waals surface area (Å²) in [6.07, 6.45) is 1.66. The van der Waals surface area contributed by atoms with Crippen LogP contribution in [0.5, 0.6) is 0 Å².